The number of carbonyl (C=O) groups is 1. The van der Waals surface area contributed by atoms with E-state index in [9.17, 15) is 31.1 Å². The van der Waals surface area contributed by atoms with Crippen molar-refractivity contribution >= 4 is 5.91 Å². The Morgan fingerprint density at radius 1 is 1.10 bits per heavy atom. The predicted octanol–water partition coefficient (Wildman–Crippen LogP) is 3.20. The van der Waals surface area contributed by atoms with Gasteiger partial charge in [-0.1, -0.05) is 12.1 Å². The number of halogens is 6. The van der Waals surface area contributed by atoms with E-state index in [0.717, 1.165) is 17.6 Å². The van der Waals surface area contributed by atoms with E-state index in [1.54, 1.807) is 0 Å². The van der Waals surface area contributed by atoms with Crippen molar-refractivity contribution in [1.82, 2.24) is 5.48 Å². The van der Waals surface area contributed by atoms with Gasteiger partial charge in [0.2, 0.25) is 0 Å². The summed E-state index contributed by atoms with van der Waals surface area (Å²) in [5.74, 6) is -1.58. The molecule has 4 nitrogen and oxygen atoms in total. The molecule has 0 radical (unpaired) electrons. The van der Waals surface area contributed by atoms with E-state index in [2.05, 4.69) is 4.84 Å². The molecule has 0 fully saturated rings. The minimum Gasteiger partial charge on any atom is -0.492 e. The third-order valence-electron chi connectivity index (χ3n) is 2.03. The Morgan fingerprint density at radius 3 is 2.29 bits per heavy atom. The highest BCUT2D eigenvalue weighted by Crippen LogP contribution is 2.23. The van der Waals surface area contributed by atoms with Gasteiger partial charge in [0, 0.05) is 0 Å². The standard InChI is InChI=1S/C11H9F6NO3/c12-10(13,14)5-6-20-8-4-2-1-3-7(8)9(19)18-21-11(15,16)17/h1-4H,5-6H2,(H,18,19). The number of hydrogen-bond acceptors (Lipinski definition) is 3. The van der Waals surface area contributed by atoms with E-state index >= 15 is 0 Å². The van der Waals surface area contributed by atoms with E-state index in [4.69, 9.17) is 4.74 Å². The van der Waals surface area contributed by atoms with Crippen molar-refractivity contribution in [3.63, 3.8) is 0 Å². The van der Waals surface area contributed by atoms with Gasteiger partial charge in [-0.25, -0.2) is 5.48 Å². The average molecular weight is 317 g/mol. The van der Waals surface area contributed by atoms with E-state index in [1.165, 1.54) is 12.1 Å². The second kappa shape index (κ2) is 6.66. The average Bonchev–Trinajstić information content (AvgIpc) is 2.34. The number of benzene rings is 1. The van der Waals surface area contributed by atoms with Crippen LogP contribution < -0.4 is 10.2 Å². The maximum Gasteiger partial charge on any atom is 0.543 e. The van der Waals surface area contributed by atoms with Gasteiger partial charge in [0.1, 0.15) is 5.75 Å². The molecule has 0 atom stereocenters. The molecule has 0 saturated heterocycles. The molecule has 0 aliphatic rings. The monoisotopic (exact) mass is 317 g/mol. The van der Waals surface area contributed by atoms with E-state index in [-0.39, 0.29) is 11.3 Å². The Hall–Kier alpha value is -1.97. The first-order valence-corrected chi connectivity index (χ1v) is 5.42. The molecule has 0 heterocycles. The van der Waals surface area contributed by atoms with Crippen molar-refractivity contribution in [1.29, 1.82) is 0 Å². The van der Waals surface area contributed by atoms with Gasteiger partial charge in [0.25, 0.3) is 5.91 Å². The van der Waals surface area contributed by atoms with Crippen LogP contribution in [0.15, 0.2) is 24.3 Å². The summed E-state index contributed by atoms with van der Waals surface area (Å²) in [4.78, 5) is 14.6. The number of hydroxylamine groups is 1. The summed E-state index contributed by atoms with van der Waals surface area (Å²) < 4.78 is 76.0. The summed E-state index contributed by atoms with van der Waals surface area (Å²) in [6, 6.07) is 4.89. The molecular formula is C11H9F6NO3. The van der Waals surface area contributed by atoms with Crippen molar-refractivity contribution in [3.8, 4) is 5.75 Å². The Morgan fingerprint density at radius 2 is 1.71 bits per heavy atom. The molecule has 1 aromatic carbocycles. The first-order chi connectivity index (χ1) is 9.58. The first-order valence-electron chi connectivity index (χ1n) is 5.42. The second-order valence-electron chi connectivity index (χ2n) is 3.69. The molecule has 0 aliphatic heterocycles. The van der Waals surface area contributed by atoms with E-state index in [1.807, 2.05) is 0 Å². The van der Waals surface area contributed by atoms with Gasteiger partial charge in [-0.05, 0) is 12.1 Å². The molecule has 118 valence electrons. The first kappa shape index (κ1) is 17.1. The zero-order valence-corrected chi connectivity index (χ0v) is 10.2. The summed E-state index contributed by atoms with van der Waals surface area (Å²) in [6.07, 6.45) is -10.8. The summed E-state index contributed by atoms with van der Waals surface area (Å²) in [5, 5.41) is 0. The fraction of sp³-hybridized carbons (Fsp3) is 0.364. The third-order valence-corrected chi connectivity index (χ3v) is 2.03. The zero-order chi connectivity index (χ0) is 16.1. The summed E-state index contributed by atoms with van der Waals surface area (Å²) >= 11 is 0. The van der Waals surface area contributed by atoms with Gasteiger partial charge in [0.15, 0.2) is 0 Å². The van der Waals surface area contributed by atoms with Crippen LogP contribution in [0.5, 0.6) is 5.75 Å². The minimum atomic E-state index is -5.08. The number of nitrogens with one attached hydrogen (secondary N) is 1. The lowest BCUT2D eigenvalue weighted by Crippen LogP contribution is -2.31. The molecule has 21 heavy (non-hydrogen) atoms. The summed E-state index contributed by atoms with van der Waals surface area (Å²) in [5.41, 5.74) is 0.735. The van der Waals surface area contributed by atoms with Crippen molar-refractivity contribution in [2.45, 2.75) is 19.0 Å². The van der Waals surface area contributed by atoms with Crippen LogP contribution in [-0.4, -0.2) is 25.1 Å². The number of para-hydroxylation sites is 1. The maximum atomic E-state index is 12.0. The highest BCUT2D eigenvalue weighted by Gasteiger charge is 2.31. The molecule has 10 heteroatoms. The summed E-state index contributed by atoms with van der Waals surface area (Å²) in [7, 11) is 0. The SMILES string of the molecule is O=C(NOC(F)(F)F)c1ccccc1OCCC(F)(F)F. The highest BCUT2D eigenvalue weighted by atomic mass is 19.4. The van der Waals surface area contributed by atoms with Crippen LogP contribution in [0.25, 0.3) is 0 Å². The number of amides is 1. The third kappa shape index (κ3) is 6.84. The van der Waals surface area contributed by atoms with Crippen molar-refractivity contribution < 1.29 is 40.7 Å². The quantitative estimate of drug-likeness (QED) is 0.670. The molecular weight excluding hydrogens is 308 g/mol. The van der Waals surface area contributed by atoms with Crippen LogP contribution in [-0.2, 0) is 4.84 Å². The van der Waals surface area contributed by atoms with Crippen LogP contribution in [0.4, 0.5) is 26.3 Å². The van der Waals surface area contributed by atoms with Gasteiger partial charge in [-0.15, -0.1) is 13.2 Å². The Bertz CT molecular complexity index is 486. The van der Waals surface area contributed by atoms with Crippen molar-refractivity contribution in [2.75, 3.05) is 6.61 Å². The molecule has 0 aliphatic carbocycles. The van der Waals surface area contributed by atoms with Crippen LogP contribution in [0.3, 0.4) is 0 Å². The molecule has 1 rings (SSSR count). The molecule has 0 bridgehead atoms. The van der Waals surface area contributed by atoms with Crippen LogP contribution >= 0.6 is 0 Å². The molecule has 0 spiro atoms. The largest absolute Gasteiger partial charge is 0.543 e. The van der Waals surface area contributed by atoms with Crippen molar-refractivity contribution in [3.05, 3.63) is 29.8 Å². The van der Waals surface area contributed by atoms with Gasteiger partial charge >= 0.3 is 12.5 Å². The Kier molecular flexibility index (Phi) is 5.41. The van der Waals surface area contributed by atoms with Gasteiger partial charge < -0.3 is 4.74 Å². The Balaban J connectivity index is 2.68. The van der Waals surface area contributed by atoms with Gasteiger partial charge in [-0.2, -0.15) is 18.0 Å². The fourth-order valence-electron chi connectivity index (χ4n) is 1.22. The predicted molar refractivity (Wildman–Crippen MR) is 57.2 cm³/mol. The molecule has 1 N–H and O–H groups in total. The lowest BCUT2D eigenvalue weighted by Gasteiger charge is -2.13. The second-order valence-corrected chi connectivity index (χ2v) is 3.69. The number of rotatable bonds is 5. The molecule has 0 saturated carbocycles. The maximum absolute atomic E-state index is 12.0. The number of ether oxygens (including phenoxy) is 1. The normalized spacial score (nSPS) is 12.1. The molecule has 0 aromatic heterocycles. The van der Waals surface area contributed by atoms with Gasteiger partial charge in [-0.3, -0.25) is 4.79 Å². The smallest absolute Gasteiger partial charge is 0.492 e. The molecule has 1 amide bonds. The van der Waals surface area contributed by atoms with Crippen LogP contribution in [0.1, 0.15) is 16.8 Å². The number of hydrogen-bond donors (Lipinski definition) is 1. The topological polar surface area (TPSA) is 47.6 Å². The lowest BCUT2D eigenvalue weighted by atomic mass is 10.2. The van der Waals surface area contributed by atoms with E-state index < -0.39 is 31.5 Å². The molecule has 1 aromatic rings. The highest BCUT2D eigenvalue weighted by molar-refractivity contribution is 5.96. The van der Waals surface area contributed by atoms with Crippen LogP contribution in [0.2, 0.25) is 0 Å². The molecule has 0 unspecified atom stereocenters. The van der Waals surface area contributed by atoms with Gasteiger partial charge in [0.05, 0.1) is 18.6 Å². The summed E-state index contributed by atoms with van der Waals surface area (Å²) in [6.45, 7) is -0.770. The fourth-order valence-corrected chi connectivity index (χ4v) is 1.22. The zero-order valence-electron chi connectivity index (χ0n) is 10.2. The minimum absolute atomic E-state index is 0.287. The Labute approximate surface area is 114 Å². The van der Waals surface area contributed by atoms with Crippen molar-refractivity contribution in [2.24, 2.45) is 0 Å². The number of carbonyl (C=O) groups excluding carboxylic acids is 1. The van der Waals surface area contributed by atoms with Crippen LogP contribution in [0, 0.1) is 0 Å². The number of alkyl halides is 6. The van der Waals surface area contributed by atoms with E-state index in [0.29, 0.717) is 0 Å². The lowest BCUT2D eigenvalue weighted by molar-refractivity contribution is -0.343.